The first-order chi connectivity index (χ1) is 16.5. The third-order valence-corrected chi connectivity index (χ3v) is 6.20. The average Bonchev–Trinajstić information content (AvgIpc) is 3.49. The van der Waals surface area contributed by atoms with Gasteiger partial charge in [0, 0.05) is 11.8 Å². The van der Waals surface area contributed by atoms with Crippen molar-refractivity contribution in [1.82, 2.24) is 4.57 Å². The molecule has 3 aliphatic heterocycles. The van der Waals surface area contributed by atoms with Crippen molar-refractivity contribution in [2.45, 2.75) is 19.4 Å². The van der Waals surface area contributed by atoms with Gasteiger partial charge in [-0.2, -0.15) is 5.26 Å². The van der Waals surface area contributed by atoms with Crippen molar-refractivity contribution in [3.05, 3.63) is 86.7 Å². The molecule has 3 aliphatic rings. The number of ether oxygens (including phenoxy) is 5. The molecule has 0 bridgehead atoms. The molecule has 0 spiro atoms. The fourth-order valence-electron chi connectivity index (χ4n) is 4.53. The second-order valence-corrected chi connectivity index (χ2v) is 8.18. The normalized spacial score (nSPS) is 17.2. The van der Waals surface area contributed by atoms with Crippen LogP contribution in [0.1, 0.15) is 28.3 Å². The molecule has 1 atom stereocenters. The van der Waals surface area contributed by atoms with Crippen molar-refractivity contribution in [3.8, 4) is 34.8 Å². The molecule has 0 amide bonds. The standard InChI is InChI=1S/C25H19N3O6/c1-13-6-21-23(25(29)28(13)10-14-2-4-17-19(7-14)32-11-30-17)22(16(9-26)24(27)34-21)15-3-5-18-20(8-15)33-12-31-18/h2-8,22H,10-12,27H2,1H3/t22-/m1/s1. The number of rotatable bonds is 3. The lowest BCUT2D eigenvalue weighted by Gasteiger charge is -2.27. The number of nitrogens with two attached hydrogens (primary N) is 1. The Hall–Kier alpha value is -4.58. The van der Waals surface area contributed by atoms with Crippen molar-refractivity contribution >= 4 is 0 Å². The van der Waals surface area contributed by atoms with Gasteiger partial charge in [-0.05, 0) is 42.3 Å². The van der Waals surface area contributed by atoms with E-state index in [9.17, 15) is 10.1 Å². The van der Waals surface area contributed by atoms with Gasteiger partial charge in [0.1, 0.15) is 17.4 Å². The van der Waals surface area contributed by atoms with Crippen LogP contribution >= 0.6 is 0 Å². The SMILES string of the molecule is Cc1cc2c(c(=O)n1Cc1ccc3c(c1)OCO3)[C@H](c1ccc3c(c1)OCO3)C(C#N)=C(N)O2. The smallest absolute Gasteiger partial charge is 0.259 e. The van der Waals surface area contributed by atoms with Gasteiger partial charge in [0.2, 0.25) is 19.5 Å². The van der Waals surface area contributed by atoms with E-state index >= 15 is 0 Å². The highest BCUT2D eigenvalue weighted by Crippen LogP contribution is 2.43. The van der Waals surface area contributed by atoms with Gasteiger partial charge in [-0.25, -0.2) is 0 Å². The summed E-state index contributed by atoms with van der Waals surface area (Å²) in [5, 5.41) is 9.89. The van der Waals surface area contributed by atoms with E-state index in [-0.39, 0.29) is 30.6 Å². The third-order valence-electron chi connectivity index (χ3n) is 6.20. The van der Waals surface area contributed by atoms with Crippen molar-refractivity contribution in [3.63, 3.8) is 0 Å². The predicted molar refractivity (Wildman–Crippen MR) is 119 cm³/mol. The molecule has 2 N–H and O–H groups in total. The Morgan fingerprint density at radius 1 is 0.971 bits per heavy atom. The maximum absolute atomic E-state index is 13.9. The minimum absolute atomic E-state index is 0.0232. The topological polar surface area (TPSA) is 118 Å². The van der Waals surface area contributed by atoms with Crippen molar-refractivity contribution in [2.75, 3.05) is 13.6 Å². The summed E-state index contributed by atoms with van der Waals surface area (Å²) < 4.78 is 29.2. The lowest BCUT2D eigenvalue weighted by molar-refractivity contribution is 0.173. The van der Waals surface area contributed by atoms with Crippen LogP contribution in [-0.4, -0.2) is 18.2 Å². The number of fused-ring (bicyclic) bond motifs is 3. The Morgan fingerprint density at radius 3 is 2.38 bits per heavy atom. The molecule has 0 radical (unpaired) electrons. The maximum atomic E-state index is 13.9. The van der Waals surface area contributed by atoms with Crippen LogP contribution in [-0.2, 0) is 6.54 Å². The molecule has 0 aliphatic carbocycles. The summed E-state index contributed by atoms with van der Waals surface area (Å²) in [4.78, 5) is 13.9. The van der Waals surface area contributed by atoms with Crippen LogP contribution in [0.15, 0.2) is 58.7 Å². The minimum atomic E-state index is -0.709. The predicted octanol–water partition coefficient (Wildman–Crippen LogP) is 2.88. The number of nitrogens with zero attached hydrogens (tertiary/aromatic N) is 2. The molecule has 34 heavy (non-hydrogen) atoms. The zero-order valence-corrected chi connectivity index (χ0v) is 18.2. The summed E-state index contributed by atoms with van der Waals surface area (Å²) in [6.07, 6.45) is 0. The molecule has 1 aromatic heterocycles. The molecule has 9 nitrogen and oxygen atoms in total. The summed E-state index contributed by atoms with van der Waals surface area (Å²) in [5.41, 5.74) is 8.60. The number of hydrogen-bond donors (Lipinski definition) is 1. The Bertz CT molecular complexity index is 1480. The van der Waals surface area contributed by atoms with Gasteiger partial charge in [-0.3, -0.25) is 4.79 Å². The van der Waals surface area contributed by atoms with E-state index in [1.54, 1.807) is 28.8 Å². The van der Waals surface area contributed by atoms with E-state index in [1.165, 1.54) is 0 Å². The van der Waals surface area contributed by atoms with Crippen molar-refractivity contribution in [1.29, 1.82) is 5.26 Å². The molecule has 6 rings (SSSR count). The van der Waals surface area contributed by atoms with Crippen LogP contribution in [0.2, 0.25) is 0 Å². The number of aromatic nitrogens is 1. The molecular weight excluding hydrogens is 438 g/mol. The van der Waals surface area contributed by atoms with Gasteiger partial charge in [-0.1, -0.05) is 12.1 Å². The Morgan fingerprint density at radius 2 is 1.65 bits per heavy atom. The van der Waals surface area contributed by atoms with Crippen LogP contribution in [0.4, 0.5) is 0 Å². The zero-order valence-electron chi connectivity index (χ0n) is 18.2. The Labute approximate surface area is 194 Å². The first kappa shape index (κ1) is 20.1. The van der Waals surface area contributed by atoms with Crippen LogP contribution in [0, 0.1) is 18.3 Å². The molecular formula is C25H19N3O6. The van der Waals surface area contributed by atoms with E-state index in [2.05, 4.69) is 6.07 Å². The lowest BCUT2D eigenvalue weighted by Crippen LogP contribution is -2.33. The summed E-state index contributed by atoms with van der Waals surface area (Å²) in [7, 11) is 0. The molecule has 0 saturated heterocycles. The van der Waals surface area contributed by atoms with Gasteiger partial charge in [0.05, 0.1) is 18.0 Å². The lowest BCUT2D eigenvalue weighted by atomic mass is 9.84. The van der Waals surface area contributed by atoms with E-state index in [1.807, 2.05) is 25.1 Å². The number of pyridine rings is 1. The molecule has 0 unspecified atom stereocenters. The van der Waals surface area contributed by atoms with Crippen LogP contribution in [0.3, 0.4) is 0 Å². The molecule has 3 aromatic rings. The summed E-state index contributed by atoms with van der Waals surface area (Å²) in [6, 6.07) is 14.8. The van der Waals surface area contributed by atoms with E-state index in [4.69, 9.17) is 29.4 Å². The number of aryl methyl sites for hydroxylation is 1. The van der Waals surface area contributed by atoms with Gasteiger partial charge in [-0.15, -0.1) is 0 Å². The van der Waals surface area contributed by atoms with Gasteiger partial charge < -0.3 is 34.0 Å². The largest absolute Gasteiger partial charge is 0.454 e. The van der Waals surface area contributed by atoms with Crippen LogP contribution in [0.25, 0.3) is 0 Å². The van der Waals surface area contributed by atoms with Gasteiger partial charge in [0.25, 0.3) is 5.56 Å². The monoisotopic (exact) mass is 457 g/mol. The van der Waals surface area contributed by atoms with Gasteiger partial charge >= 0.3 is 0 Å². The number of benzene rings is 2. The minimum Gasteiger partial charge on any atom is -0.454 e. The van der Waals surface area contributed by atoms with Crippen molar-refractivity contribution < 1.29 is 23.7 Å². The van der Waals surface area contributed by atoms with Gasteiger partial charge in [0.15, 0.2) is 23.0 Å². The number of nitriles is 1. The van der Waals surface area contributed by atoms with Crippen molar-refractivity contribution in [2.24, 2.45) is 5.73 Å². The first-order valence-electron chi connectivity index (χ1n) is 10.6. The molecule has 0 fully saturated rings. The molecule has 9 heteroatoms. The Balaban J connectivity index is 1.49. The van der Waals surface area contributed by atoms with Crippen LogP contribution in [0.5, 0.6) is 28.7 Å². The second kappa shape index (κ2) is 7.49. The van der Waals surface area contributed by atoms with E-state index < -0.39 is 5.92 Å². The summed E-state index contributed by atoms with van der Waals surface area (Å²) in [5.74, 6) is 2.08. The molecule has 2 aromatic carbocycles. The van der Waals surface area contributed by atoms with E-state index in [0.29, 0.717) is 52.1 Å². The third kappa shape index (κ3) is 3.03. The second-order valence-electron chi connectivity index (χ2n) is 8.18. The fraction of sp³-hybridized carbons (Fsp3) is 0.200. The van der Waals surface area contributed by atoms with E-state index in [0.717, 1.165) is 5.56 Å². The van der Waals surface area contributed by atoms with Crippen LogP contribution < -0.4 is 35.0 Å². The maximum Gasteiger partial charge on any atom is 0.259 e. The zero-order chi connectivity index (χ0) is 23.4. The first-order valence-corrected chi connectivity index (χ1v) is 10.6. The molecule has 0 saturated carbocycles. The quantitative estimate of drug-likeness (QED) is 0.638. The number of hydrogen-bond acceptors (Lipinski definition) is 8. The number of allylic oxidation sites excluding steroid dienone is 1. The molecule has 170 valence electrons. The Kier molecular flexibility index (Phi) is 4.42. The average molecular weight is 457 g/mol. The highest BCUT2D eigenvalue weighted by atomic mass is 16.7. The summed E-state index contributed by atoms with van der Waals surface area (Å²) in [6.45, 7) is 2.43. The summed E-state index contributed by atoms with van der Waals surface area (Å²) >= 11 is 0. The highest BCUT2D eigenvalue weighted by molar-refractivity contribution is 5.58. The molecule has 4 heterocycles. The fourth-order valence-corrected chi connectivity index (χ4v) is 4.53. The highest BCUT2D eigenvalue weighted by Gasteiger charge is 2.35.